The van der Waals surface area contributed by atoms with Gasteiger partial charge in [-0.15, -0.1) is 0 Å². The van der Waals surface area contributed by atoms with Gasteiger partial charge in [-0.3, -0.25) is 40.6 Å². The van der Waals surface area contributed by atoms with Crippen molar-refractivity contribution in [1.82, 2.24) is 107 Å². The second-order valence-corrected chi connectivity index (χ2v) is 41.2. The number of hydrogen-bond donors (Lipinski definition) is 4. The molecule has 0 radical (unpaired) electrons. The van der Waals surface area contributed by atoms with Crippen LogP contribution < -0.4 is 35.1 Å². The normalized spacial score (nSPS) is 20.6. The number of ether oxygens (including phenoxy) is 1. The molecule has 2 unspecified atom stereocenters. The first-order valence-electron chi connectivity index (χ1n) is 46.1. The first kappa shape index (κ1) is 92.5. The lowest BCUT2D eigenvalue weighted by molar-refractivity contribution is -0.146. The number of pyridine rings is 5. The summed E-state index contributed by atoms with van der Waals surface area (Å²) in [7, 11) is -2.12. The molecule has 9 fully saturated rings. The first-order valence-corrected chi connectivity index (χ1v) is 49.6. The summed E-state index contributed by atoms with van der Waals surface area (Å²) in [5.74, 6) is 6.69. The van der Waals surface area contributed by atoms with E-state index in [1.807, 2.05) is 96.3 Å². The molecule has 1 amide bonds. The number of hydrogen-bond acceptors (Lipinski definition) is 27. The average molecular weight is 1950 g/mol. The summed E-state index contributed by atoms with van der Waals surface area (Å²) < 4.78 is 70.7. The fraction of sp³-hybridized carbons (Fsp3) is 0.396. The number of nitrogens with zero attached hydrogens (tertiary/aromatic N) is 26. The summed E-state index contributed by atoms with van der Waals surface area (Å²) in [6.07, 6.45) is 35.7. The van der Waals surface area contributed by atoms with Crippen LogP contribution in [0.4, 0.5) is 42.3 Å². The lowest BCUT2D eigenvalue weighted by atomic mass is 9.74. The number of β-lactam (4-membered cyclic amide) rings is 1. The number of carbonyl (C=O) groups excluding carboxylic acids is 1. The van der Waals surface area contributed by atoms with Crippen molar-refractivity contribution >= 4 is 120 Å². The Balaban J connectivity index is 0.000000106. The molecule has 42 heteroatoms. The minimum Gasteiger partial charge on any atom is -0.481 e. The van der Waals surface area contributed by atoms with E-state index in [0.717, 1.165) is 185 Å². The Bertz CT molecular complexity index is 7230. The Morgan fingerprint density at radius 1 is 0.500 bits per heavy atom. The van der Waals surface area contributed by atoms with Gasteiger partial charge in [-0.05, 0) is 179 Å². The predicted octanol–water partition coefficient (Wildman–Crippen LogP) is 14.4. The monoisotopic (exact) mass is 1950 g/mol. The number of imidazole rings is 5. The number of alkyl halides is 3. The van der Waals surface area contributed by atoms with Crippen LogP contribution in [-0.2, 0) is 35.0 Å². The molecular formula is C96H100Cl3F3N28O7S. The fourth-order valence-electron chi connectivity index (χ4n) is 19.7. The molecule has 15 aromatic heterocycles. The van der Waals surface area contributed by atoms with E-state index in [-0.39, 0.29) is 41.6 Å². The first-order chi connectivity index (χ1) is 66.6. The van der Waals surface area contributed by atoms with Gasteiger partial charge in [0.25, 0.3) is 0 Å². The van der Waals surface area contributed by atoms with E-state index in [4.69, 9.17) is 59.6 Å². The number of morpholine rings is 1. The average Bonchev–Trinajstić information content (AvgIpc) is 1.62. The van der Waals surface area contributed by atoms with E-state index in [9.17, 15) is 36.9 Å². The predicted molar refractivity (Wildman–Crippen MR) is 517 cm³/mol. The van der Waals surface area contributed by atoms with E-state index in [1.54, 1.807) is 80.3 Å². The number of amides is 1. The highest BCUT2D eigenvalue weighted by molar-refractivity contribution is 7.92. The standard InChI is InChI=1S/C22H28N6OS.C20H20ClN5O2.C19H17F3N6O.C18H19ClN6.C17H16ClN5O3/c1-15-10-18(26-30(2,3)29)14-27(12-15)21-8-9-23-22(25-21)19-11-24-20-7-6-17(13-28(19)20)16-4-5-16;21-14-3-4-16-23-10-15(26(16)12-14)18-22-8-5-17(24-18)25-9-1-2-13(11-25)20(6-7-20)19(27)28;20-19(21,22)12-2-3-14-24-8-13(28(14)9-12)16-23-6-4-15(26-16)27-7-1-5-18(11-27)10-25-17(18)29;19-13-2-3-15-22-8-14(25(15)9-13)17-21-6-4-16(23-17)24-7-1-5-18(12-24)10-20-11-18;18-11-1-2-14-20-8-13(23(14)9-11)17-19-4-3-15(21-17)22-5-6-26-12(10-22)7-16(24)25/h6-9,11,13,15-16,18H,4-5,10,12,14H2,1-3H3;3-5,8,10,12-13H,1-2,6-7,9,11H2,(H,27,28);2-4,6,8-9H,1,5,7,10-11H2,(H,25,29);2-4,6,8-9,20H,1,5,7,10-12H2;1-4,8-9,12H,5-7,10H2,(H,24,25)/t15-,18+;;18-;;/m1.0../s1. The topological polar surface area (TPSA) is 386 Å². The minimum absolute atomic E-state index is 0.0276. The summed E-state index contributed by atoms with van der Waals surface area (Å²) in [4.78, 5) is 113. The maximum absolute atomic E-state index is 13.1. The quantitative estimate of drug-likeness (QED) is 0.0653. The van der Waals surface area contributed by atoms with Gasteiger partial charge in [0.15, 0.2) is 29.1 Å². The third-order valence-corrected chi connectivity index (χ3v) is 28.6. The summed E-state index contributed by atoms with van der Waals surface area (Å²) in [5.41, 5.74) is 7.45. The number of rotatable bonds is 16. The molecule has 24 rings (SSSR count). The minimum atomic E-state index is -4.45. The number of carboxylic acid groups (broad SMARTS) is 2. The largest absolute Gasteiger partial charge is 0.481 e. The summed E-state index contributed by atoms with van der Waals surface area (Å²) in [6, 6.07) is 27.0. The van der Waals surface area contributed by atoms with Gasteiger partial charge in [0.2, 0.25) is 5.91 Å². The van der Waals surface area contributed by atoms with Gasteiger partial charge in [-0.1, -0.05) is 47.8 Å². The number of anilines is 5. The van der Waals surface area contributed by atoms with Crippen molar-refractivity contribution in [2.75, 3.05) is 129 Å². The smallest absolute Gasteiger partial charge is 0.417 e. The number of carboxylic acids is 2. The maximum atomic E-state index is 13.1. The summed E-state index contributed by atoms with van der Waals surface area (Å²) >= 11 is 18.4. The van der Waals surface area contributed by atoms with Gasteiger partial charge in [0.1, 0.15) is 85.8 Å². The van der Waals surface area contributed by atoms with E-state index < -0.39 is 38.8 Å². The third-order valence-electron chi connectivity index (χ3n) is 27.1. The molecule has 2 spiro atoms. The fourth-order valence-corrected chi connectivity index (χ4v) is 21.1. The number of nitrogens with one attached hydrogen (secondary N) is 2. The molecule has 4 N–H and O–H groups in total. The zero-order chi connectivity index (χ0) is 95.4. The van der Waals surface area contributed by atoms with Crippen molar-refractivity contribution in [2.45, 2.75) is 108 Å². The van der Waals surface area contributed by atoms with E-state index in [0.29, 0.717) is 106 Å². The van der Waals surface area contributed by atoms with Crippen LogP contribution in [0.5, 0.6) is 0 Å². The molecule has 2 saturated carbocycles. The van der Waals surface area contributed by atoms with Crippen LogP contribution >= 0.6 is 34.8 Å². The Hall–Kier alpha value is -13.2. The SMILES string of the molecule is C[C@@H]1C[C@H](N=S(C)(C)=O)CN(c2ccnc(-c3cnc4ccc(C5CC5)cn34)n2)C1.Clc1ccc2ncc(-c3nccc(N4CCCC5(CNC5)C4)n3)n2c1.O=C(O)C1(C2CCCN(c3ccnc(-c4cnc5ccc(Cl)cn45)n3)C2)CC1.O=C(O)CC1CN(c2ccnc(-c3cnc4ccc(Cl)cn34)n2)CCO1.O=C1NC[C@]12CCCN(c1ccnc(-c3cnc4ccc(C(F)(F)F)cn34)n1)C2. The Morgan fingerprint density at radius 2 is 0.942 bits per heavy atom. The van der Waals surface area contributed by atoms with Gasteiger partial charge < -0.3 is 50.1 Å². The molecule has 7 saturated heterocycles. The number of carbonyl (C=O) groups is 3. The van der Waals surface area contributed by atoms with Crippen LogP contribution in [0.1, 0.15) is 101 Å². The third kappa shape index (κ3) is 20.0. The molecule has 0 aromatic carbocycles. The van der Waals surface area contributed by atoms with Crippen LogP contribution in [0.3, 0.4) is 0 Å². The summed E-state index contributed by atoms with van der Waals surface area (Å²) in [6.45, 7) is 13.4. The highest BCUT2D eigenvalue weighted by atomic mass is 35.5. The van der Waals surface area contributed by atoms with Crippen LogP contribution in [-0.4, -0.2) is 245 Å². The number of aliphatic carboxylic acids is 2. The molecule has 35 nitrogen and oxygen atoms in total. The van der Waals surface area contributed by atoms with Crippen molar-refractivity contribution in [3.8, 4) is 57.6 Å². The second kappa shape index (κ2) is 38.3. The van der Waals surface area contributed by atoms with E-state index >= 15 is 0 Å². The maximum Gasteiger partial charge on any atom is 0.417 e. The highest BCUT2D eigenvalue weighted by Gasteiger charge is 2.57. The van der Waals surface area contributed by atoms with Gasteiger partial charge in [-0.2, -0.15) is 13.2 Å². The van der Waals surface area contributed by atoms with Gasteiger partial charge in [-0.25, -0.2) is 79.1 Å². The van der Waals surface area contributed by atoms with Crippen LogP contribution in [0.25, 0.3) is 85.8 Å². The molecule has 5 atom stereocenters. The highest BCUT2D eigenvalue weighted by Crippen LogP contribution is 2.55. The lowest BCUT2D eigenvalue weighted by Gasteiger charge is -2.49. The van der Waals surface area contributed by atoms with Crippen molar-refractivity contribution in [1.29, 1.82) is 0 Å². The van der Waals surface area contributed by atoms with E-state index in [1.165, 1.54) is 47.9 Å². The Morgan fingerprint density at radius 3 is 1.38 bits per heavy atom. The van der Waals surface area contributed by atoms with Crippen molar-refractivity contribution in [3.05, 3.63) is 210 Å². The van der Waals surface area contributed by atoms with E-state index in [2.05, 4.69) is 119 Å². The van der Waals surface area contributed by atoms with Crippen LogP contribution in [0, 0.1) is 28.1 Å². The molecule has 22 heterocycles. The Kier molecular flexibility index (Phi) is 25.7. The second-order valence-electron chi connectivity index (χ2n) is 37.3. The zero-order valence-corrected chi connectivity index (χ0v) is 78.9. The van der Waals surface area contributed by atoms with Gasteiger partial charge >= 0.3 is 18.1 Å². The molecule has 0 bridgehead atoms. The summed E-state index contributed by atoms with van der Waals surface area (Å²) in [5, 5.41) is 26.7. The zero-order valence-electron chi connectivity index (χ0n) is 75.8. The van der Waals surface area contributed by atoms with Crippen molar-refractivity contribution in [2.24, 2.45) is 32.4 Å². The van der Waals surface area contributed by atoms with Gasteiger partial charge in [0.05, 0.1) is 87.6 Å². The molecule has 138 heavy (non-hydrogen) atoms. The lowest BCUT2D eigenvalue weighted by Crippen LogP contribution is -2.65. The molecule has 15 aromatic rings. The molecule has 7 aliphatic heterocycles. The number of aromatic nitrogens is 20. The molecule has 2 aliphatic carbocycles. The molecular weight excluding hydrogens is 1850 g/mol. The van der Waals surface area contributed by atoms with Crippen molar-refractivity contribution in [3.63, 3.8) is 0 Å². The number of halogens is 6. The molecule has 9 aliphatic rings. The van der Waals surface area contributed by atoms with Gasteiger partial charge in [0, 0.05) is 175 Å². The number of piperidine rings is 4. The molecule has 714 valence electrons. The van der Waals surface area contributed by atoms with Crippen LogP contribution in [0.2, 0.25) is 15.1 Å². The Labute approximate surface area is 806 Å². The van der Waals surface area contributed by atoms with Crippen LogP contribution in [0.15, 0.2) is 188 Å². The van der Waals surface area contributed by atoms with Crippen molar-refractivity contribution < 1.29 is 46.7 Å². The number of fused-ring (bicyclic) bond motifs is 5.